The van der Waals surface area contributed by atoms with Gasteiger partial charge in [0.05, 0.1) is 0 Å². The molecule has 1 saturated heterocycles. The molecule has 1 aromatic carbocycles. The van der Waals surface area contributed by atoms with Gasteiger partial charge in [-0.3, -0.25) is 5.41 Å². The predicted molar refractivity (Wildman–Crippen MR) is 58.7 cm³/mol. The van der Waals surface area contributed by atoms with Gasteiger partial charge in [-0.25, -0.2) is 4.39 Å². The maximum absolute atomic E-state index is 13.0. The molecule has 0 aliphatic carbocycles. The summed E-state index contributed by atoms with van der Waals surface area (Å²) in [6, 6.07) is 6.28. The van der Waals surface area contributed by atoms with Crippen LogP contribution in [0, 0.1) is 11.2 Å². The maximum atomic E-state index is 13.0. The van der Waals surface area contributed by atoms with Crippen molar-refractivity contribution in [2.75, 3.05) is 13.1 Å². The van der Waals surface area contributed by atoms with Crippen molar-refractivity contribution in [2.45, 2.75) is 19.3 Å². The van der Waals surface area contributed by atoms with Crippen molar-refractivity contribution in [1.29, 1.82) is 5.41 Å². The van der Waals surface area contributed by atoms with E-state index in [1.165, 1.54) is 18.6 Å². The van der Waals surface area contributed by atoms with Crippen LogP contribution in [0.4, 0.5) is 4.39 Å². The second kappa shape index (κ2) is 4.43. The fraction of sp³-hybridized carbons (Fsp3) is 0.417. The Morgan fingerprint density at radius 3 is 2.60 bits per heavy atom. The highest BCUT2D eigenvalue weighted by atomic mass is 19.1. The van der Waals surface area contributed by atoms with Crippen LogP contribution in [-0.4, -0.2) is 23.8 Å². The van der Waals surface area contributed by atoms with E-state index in [2.05, 4.69) is 0 Å². The molecule has 15 heavy (non-hydrogen) atoms. The topological polar surface area (TPSA) is 27.1 Å². The van der Waals surface area contributed by atoms with Crippen LogP contribution >= 0.6 is 0 Å². The molecule has 0 unspecified atom stereocenters. The molecule has 0 amide bonds. The van der Waals surface area contributed by atoms with Gasteiger partial charge in [-0.2, -0.15) is 0 Å². The number of hydrogen-bond donors (Lipinski definition) is 1. The lowest BCUT2D eigenvalue weighted by Crippen LogP contribution is -2.35. The van der Waals surface area contributed by atoms with E-state index in [0.717, 1.165) is 25.9 Å². The summed E-state index contributed by atoms with van der Waals surface area (Å²) in [5, 5.41) is 7.98. The van der Waals surface area contributed by atoms with Gasteiger partial charge in [0.15, 0.2) is 0 Å². The van der Waals surface area contributed by atoms with Crippen LogP contribution in [0.2, 0.25) is 0 Å². The first-order chi connectivity index (χ1) is 7.27. The Bertz CT molecular complexity index is 356. The predicted octanol–water partition coefficient (Wildman–Crippen LogP) is 2.64. The van der Waals surface area contributed by atoms with Crippen LogP contribution in [0.25, 0.3) is 0 Å². The third kappa shape index (κ3) is 2.35. The molecule has 1 aromatic rings. The van der Waals surface area contributed by atoms with Crippen molar-refractivity contribution in [1.82, 2.24) is 4.90 Å². The molecule has 0 radical (unpaired) electrons. The van der Waals surface area contributed by atoms with Crippen LogP contribution in [0.1, 0.15) is 24.8 Å². The minimum atomic E-state index is -0.269. The minimum Gasteiger partial charge on any atom is -0.357 e. The lowest BCUT2D eigenvalue weighted by Gasteiger charge is -2.29. The molecular formula is C12H15FN2. The first-order valence-corrected chi connectivity index (χ1v) is 5.37. The Labute approximate surface area is 89.2 Å². The molecule has 0 saturated carbocycles. The van der Waals surface area contributed by atoms with Gasteiger partial charge in [0, 0.05) is 18.7 Å². The van der Waals surface area contributed by atoms with Gasteiger partial charge in [0.1, 0.15) is 11.7 Å². The molecule has 1 aliphatic heterocycles. The Hall–Kier alpha value is -1.38. The fourth-order valence-electron chi connectivity index (χ4n) is 1.94. The van der Waals surface area contributed by atoms with Gasteiger partial charge in [0.2, 0.25) is 0 Å². The number of benzene rings is 1. The number of rotatable bonds is 1. The molecule has 0 aromatic heterocycles. The quantitative estimate of drug-likeness (QED) is 0.555. The summed E-state index contributed by atoms with van der Waals surface area (Å²) in [4.78, 5) is 2.03. The van der Waals surface area contributed by atoms with Crippen LogP contribution in [0.15, 0.2) is 24.3 Å². The van der Waals surface area contributed by atoms with Crippen molar-refractivity contribution in [3.8, 4) is 0 Å². The smallest absolute Gasteiger partial charge is 0.128 e. The molecule has 1 aliphatic rings. The Morgan fingerprint density at radius 1 is 1.20 bits per heavy atom. The number of likely N-dealkylation sites (tertiary alicyclic amines) is 1. The molecule has 0 atom stereocenters. The zero-order valence-electron chi connectivity index (χ0n) is 8.67. The molecule has 2 nitrogen and oxygen atoms in total. The summed E-state index contributed by atoms with van der Waals surface area (Å²) < 4.78 is 13.0. The van der Waals surface area contributed by atoms with Gasteiger partial charge >= 0.3 is 0 Å². The highest BCUT2D eigenvalue weighted by Gasteiger charge is 2.14. The third-order valence-electron chi connectivity index (χ3n) is 2.77. The van der Waals surface area contributed by atoms with E-state index in [4.69, 9.17) is 5.41 Å². The average molecular weight is 206 g/mol. The number of nitrogens with one attached hydrogen (secondary N) is 1. The lowest BCUT2D eigenvalue weighted by atomic mass is 10.1. The first-order valence-electron chi connectivity index (χ1n) is 5.37. The van der Waals surface area contributed by atoms with Crippen molar-refractivity contribution < 1.29 is 4.39 Å². The Morgan fingerprint density at radius 2 is 1.93 bits per heavy atom. The van der Waals surface area contributed by atoms with E-state index in [1.54, 1.807) is 12.1 Å². The van der Waals surface area contributed by atoms with Gasteiger partial charge in [-0.05, 0) is 31.4 Å². The molecule has 2 rings (SSSR count). The summed E-state index contributed by atoms with van der Waals surface area (Å²) in [5.41, 5.74) is 0.678. The average Bonchev–Trinajstić information content (AvgIpc) is 2.29. The third-order valence-corrected chi connectivity index (χ3v) is 2.77. The van der Waals surface area contributed by atoms with Crippen molar-refractivity contribution in [2.24, 2.45) is 0 Å². The van der Waals surface area contributed by atoms with Crippen molar-refractivity contribution in [3.63, 3.8) is 0 Å². The number of nitrogens with zero attached hydrogens (tertiary/aromatic N) is 1. The van der Waals surface area contributed by atoms with E-state index >= 15 is 0 Å². The van der Waals surface area contributed by atoms with Gasteiger partial charge < -0.3 is 4.90 Å². The number of amidine groups is 1. The lowest BCUT2D eigenvalue weighted by molar-refractivity contribution is 0.341. The molecule has 1 heterocycles. The number of halogens is 1. The molecule has 0 spiro atoms. The summed E-state index contributed by atoms with van der Waals surface area (Å²) in [5.74, 6) is 0.184. The van der Waals surface area contributed by atoms with Gasteiger partial charge in [-0.1, -0.05) is 12.1 Å². The molecular weight excluding hydrogens is 191 g/mol. The molecule has 1 N–H and O–H groups in total. The van der Waals surface area contributed by atoms with E-state index in [-0.39, 0.29) is 5.82 Å². The number of hydrogen-bond acceptors (Lipinski definition) is 1. The van der Waals surface area contributed by atoms with E-state index in [1.807, 2.05) is 4.90 Å². The van der Waals surface area contributed by atoms with Crippen molar-refractivity contribution >= 4 is 5.84 Å². The van der Waals surface area contributed by atoms with E-state index in [9.17, 15) is 4.39 Å². The Balaban J connectivity index is 2.12. The molecule has 0 bridgehead atoms. The second-order valence-electron chi connectivity index (χ2n) is 3.91. The number of piperidine rings is 1. The zero-order valence-corrected chi connectivity index (χ0v) is 8.67. The highest BCUT2D eigenvalue weighted by molar-refractivity contribution is 5.96. The Kier molecular flexibility index (Phi) is 2.99. The zero-order chi connectivity index (χ0) is 10.7. The van der Waals surface area contributed by atoms with Gasteiger partial charge in [0.25, 0.3) is 0 Å². The molecule has 1 fully saturated rings. The monoisotopic (exact) mass is 206 g/mol. The standard InChI is InChI=1S/C12H15FN2/c13-11-6-4-5-10(9-11)12(14)15-7-2-1-3-8-15/h4-6,9,14H,1-3,7-8H2. The maximum Gasteiger partial charge on any atom is 0.128 e. The van der Waals surface area contributed by atoms with Gasteiger partial charge in [-0.15, -0.1) is 0 Å². The second-order valence-corrected chi connectivity index (χ2v) is 3.91. The summed E-state index contributed by atoms with van der Waals surface area (Å²) >= 11 is 0. The summed E-state index contributed by atoms with van der Waals surface area (Å²) in [6.45, 7) is 1.85. The highest BCUT2D eigenvalue weighted by Crippen LogP contribution is 2.13. The van der Waals surface area contributed by atoms with E-state index in [0.29, 0.717) is 11.4 Å². The van der Waals surface area contributed by atoms with Crippen LogP contribution in [-0.2, 0) is 0 Å². The van der Waals surface area contributed by atoms with Crippen molar-refractivity contribution in [3.05, 3.63) is 35.6 Å². The summed E-state index contributed by atoms with van der Waals surface area (Å²) in [7, 11) is 0. The first kappa shape index (κ1) is 10.1. The minimum absolute atomic E-state index is 0.269. The van der Waals surface area contributed by atoms with Crippen LogP contribution in [0.5, 0.6) is 0 Å². The molecule has 3 heteroatoms. The summed E-state index contributed by atoms with van der Waals surface area (Å²) in [6.07, 6.45) is 3.52. The van der Waals surface area contributed by atoms with E-state index < -0.39 is 0 Å². The largest absolute Gasteiger partial charge is 0.357 e. The molecule has 80 valence electrons. The van der Waals surface area contributed by atoms with Crippen LogP contribution in [0.3, 0.4) is 0 Å². The normalized spacial score (nSPS) is 16.5. The fourth-order valence-corrected chi connectivity index (χ4v) is 1.94. The SMILES string of the molecule is N=C(c1cccc(F)c1)N1CCCCC1. The van der Waals surface area contributed by atoms with Crippen LogP contribution < -0.4 is 0 Å².